The maximum Gasteiger partial charge on any atom is 0.337 e. The number of nitro groups is 2. The van der Waals surface area contributed by atoms with Gasteiger partial charge in [-0.2, -0.15) is 5.10 Å². The van der Waals surface area contributed by atoms with Gasteiger partial charge in [0, 0.05) is 24.6 Å². The van der Waals surface area contributed by atoms with Gasteiger partial charge in [0.25, 0.3) is 11.5 Å². The predicted octanol–water partition coefficient (Wildman–Crippen LogP) is 3.15. The number of non-ortho nitro benzene ring substituents is 1. The van der Waals surface area contributed by atoms with Crippen LogP contribution in [-0.2, 0) is 7.05 Å². The fourth-order valence-electron chi connectivity index (χ4n) is 2.42. The molecule has 0 unspecified atom stereocenters. The Bertz CT molecular complexity index is 1050. The Kier molecular flexibility index (Phi) is 3.64. The van der Waals surface area contributed by atoms with E-state index in [2.05, 4.69) is 20.3 Å². The van der Waals surface area contributed by atoms with Crippen LogP contribution in [0.3, 0.4) is 0 Å². The third kappa shape index (κ3) is 2.65. The Morgan fingerprint density at radius 3 is 2.60 bits per heavy atom. The van der Waals surface area contributed by atoms with Crippen molar-refractivity contribution in [1.29, 1.82) is 0 Å². The Labute approximate surface area is 138 Å². The van der Waals surface area contributed by atoms with Crippen molar-refractivity contribution in [2.45, 2.75) is 6.92 Å². The molecule has 2 aromatic heterocycles. The molecule has 0 aliphatic carbocycles. The van der Waals surface area contributed by atoms with Crippen LogP contribution >= 0.6 is 0 Å². The molecule has 128 valence electrons. The average molecular weight is 345 g/mol. The van der Waals surface area contributed by atoms with Crippen molar-refractivity contribution >= 4 is 33.8 Å². The van der Waals surface area contributed by atoms with Crippen molar-refractivity contribution in [2.24, 2.45) is 17.3 Å². The number of benzene rings is 1. The van der Waals surface area contributed by atoms with Gasteiger partial charge in [0.15, 0.2) is 5.69 Å². The molecular formula is C13H11N7O5. The van der Waals surface area contributed by atoms with Crippen LogP contribution in [0.15, 0.2) is 28.4 Å². The topological polar surface area (TPSA) is 165 Å². The summed E-state index contributed by atoms with van der Waals surface area (Å²) in [4.78, 5) is 23.4. The Morgan fingerprint density at radius 2 is 1.96 bits per heavy atom. The fraction of sp³-hybridized carbons (Fsp3) is 0.154. The summed E-state index contributed by atoms with van der Waals surface area (Å²) in [6.45, 7) is 1.46. The average Bonchev–Trinajstić information content (AvgIpc) is 2.99. The van der Waals surface area contributed by atoms with Crippen LogP contribution in [0.4, 0.5) is 22.9 Å². The number of azo groups is 1. The molecule has 0 amide bonds. The molecule has 0 saturated heterocycles. The van der Waals surface area contributed by atoms with Crippen molar-refractivity contribution in [3.63, 3.8) is 0 Å². The highest BCUT2D eigenvalue weighted by atomic mass is 16.6. The lowest BCUT2D eigenvalue weighted by Crippen LogP contribution is -1.90. The molecule has 0 bridgehead atoms. The number of aromatic hydroxyl groups is 1. The van der Waals surface area contributed by atoms with Gasteiger partial charge < -0.3 is 10.1 Å². The minimum atomic E-state index is -0.628. The molecule has 2 heterocycles. The lowest BCUT2D eigenvalue weighted by molar-refractivity contribution is -0.384. The van der Waals surface area contributed by atoms with Crippen LogP contribution in [0.5, 0.6) is 5.88 Å². The first-order valence-electron chi connectivity index (χ1n) is 6.88. The summed E-state index contributed by atoms with van der Waals surface area (Å²) in [6.07, 6.45) is 0. The molecule has 25 heavy (non-hydrogen) atoms. The maximum atomic E-state index is 11.1. The summed E-state index contributed by atoms with van der Waals surface area (Å²) in [6, 6.07) is 3.92. The molecule has 2 N–H and O–H groups in total. The number of hydrogen-bond acceptors (Lipinski definition) is 8. The van der Waals surface area contributed by atoms with Crippen LogP contribution in [0.2, 0.25) is 0 Å². The van der Waals surface area contributed by atoms with Gasteiger partial charge in [-0.3, -0.25) is 20.2 Å². The molecule has 3 rings (SSSR count). The van der Waals surface area contributed by atoms with E-state index >= 15 is 0 Å². The number of H-pyrrole nitrogens is 1. The summed E-state index contributed by atoms with van der Waals surface area (Å²) < 4.78 is 1.19. The molecule has 0 saturated carbocycles. The van der Waals surface area contributed by atoms with E-state index in [4.69, 9.17) is 0 Å². The van der Waals surface area contributed by atoms with E-state index in [0.29, 0.717) is 5.52 Å². The van der Waals surface area contributed by atoms with Crippen molar-refractivity contribution in [2.75, 3.05) is 0 Å². The number of nitrogens with one attached hydrogen (secondary N) is 1. The van der Waals surface area contributed by atoms with E-state index in [-0.39, 0.29) is 39.8 Å². The molecular weight excluding hydrogens is 334 g/mol. The van der Waals surface area contributed by atoms with Gasteiger partial charge >= 0.3 is 5.69 Å². The number of aryl methyl sites for hydroxylation is 2. The van der Waals surface area contributed by atoms with E-state index in [1.807, 2.05) is 0 Å². The first kappa shape index (κ1) is 16.0. The van der Waals surface area contributed by atoms with E-state index in [0.717, 1.165) is 0 Å². The molecule has 0 radical (unpaired) electrons. The highest BCUT2D eigenvalue weighted by Gasteiger charge is 2.24. The number of aromatic nitrogens is 3. The molecule has 0 aliphatic rings. The molecule has 0 atom stereocenters. The van der Waals surface area contributed by atoms with Crippen LogP contribution < -0.4 is 0 Å². The molecule has 12 nitrogen and oxygen atoms in total. The van der Waals surface area contributed by atoms with Gasteiger partial charge in [-0.25, -0.2) is 4.68 Å². The monoisotopic (exact) mass is 345 g/mol. The van der Waals surface area contributed by atoms with E-state index in [9.17, 15) is 25.3 Å². The molecule has 0 spiro atoms. The largest absolute Gasteiger partial charge is 0.493 e. The lowest BCUT2D eigenvalue weighted by atomic mass is 10.2. The van der Waals surface area contributed by atoms with Crippen molar-refractivity contribution in [1.82, 2.24) is 14.8 Å². The number of rotatable bonds is 4. The smallest absolute Gasteiger partial charge is 0.337 e. The number of nitro benzene ring substituents is 1. The summed E-state index contributed by atoms with van der Waals surface area (Å²) in [5.74, 6) is -0.470. The second-order valence-electron chi connectivity index (χ2n) is 5.15. The zero-order chi connectivity index (χ0) is 18.3. The highest BCUT2D eigenvalue weighted by Crippen LogP contribution is 2.39. The van der Waals surface area contributed by atoms with Gasteiger partial charge in [0.05, 0.1) is 15.4 Å². The Hall–Kier alpha value is -3.83. The minimum Gasteiger partial charge on any atom is -0.493 e. The second-order valence-corrected chi connectivity index (χ2v) is 5.15. The molecule has 0 aliphatic heterocycles. The Balaban J connectivity index is 2.14. The van der Waals surface area contributed by atoms with E-state index in [1.54, 1.807) is 0 Å². The number of hydrogen-bond donors (Lipinski definition) is 2. The van der Waals surface area contributed by atoms with E-state index in [1.165, 1.54) is 36.9 Å². The molecule has 12 heteroatoms. The summed E-state index contributed by atoms with van der Waals surface area (Å²) in [5, 5.41) is 43.8. The molecule has 1 aromatic carbocycles. The quantitative estimate of drug-likeness (QED) is 0.418. The fourth-order valence-corrected chi connectivity index (χ4v) is 2.42. The van der Waals surface area contributed by atoms with Gasteiger partial charge in [0.2, 0.25) is 5.88 Å². The third-order valence-corrected chi connectivity index (χ3v) is 3.53. The zero-order valence-electron chi connectivity index (χ0n) is 13.0. The van der Waals surface area contributed by atoms with Crippen molar-refractivity contribution in [3.8, 4) is 5.88 Å². The number of aromatic amines is 1. The minimum absolute atomic E-state index is 0.0631. The second kappa shape index (κ2) is 5.67. The van der Waals surface area contributed by atoms with Crippen LogP contribution in [0, 0.1) is 27.2 Å². The van der Waals surface area contributed by atoms with E-state index < -0.39 is 9.85 Å². The molecule has 0 fully saturated rings. The lowest BCUT2D eigenvalue weighted by Gasteiger charge is -1.95. The molecule has 3 aromatic rings. The first-order valence-corrected chi connectivity index (χ1v) is 6.88. The normalized spacial score (nSPS) is 11.4. The van der Waals surface area contributed by atoms with Gasteiger partial charge in [0.1, 0.15) is 5.69 Å². The highest BCUT2D eigenvalue weighted by molar-refractivity contribution is 5.95. The summed E-state index contributed by atoms with van der Waals surface area (Å²) in [7, 11) is 1.47. The van der Waals surface area contributed by atoms with Crippen LogP contribution in [0.1, 0.15) is 5.69 Å². The number of fused-ring (bicyclic) bond motifs is 1. The maximum absolute atomic E-state index is 11.1. The summed E-state index contributed by atoms with van der Waals surface area (Å²) >= 11 is 0. The van der Waals surface area contributed by atoms with Crippen molar-refractivity contribution < 1.29 is 15.0 Å². The predicted molar refractivity (Wildman–Crippen MR) is 85.4 cm³/mol. The van der Waals surface area contributed by atoms with Crippen LogP contribution in [0.25, 0.3) is 10.9 Å². The van der Waals surface area contributed by atoms with Crippen LogP contribution in [-0.4, -0.2) is 29.7 Å². The SMILES string of the molecule is Cc1nn(C)c(N=Nc2c(O)[nH]c3ccc([N+](=O)[O-])cc23)c1[N+](=O)[O-]. The first-order chi connectivity index (χ1) is 11.8. The van der Waals surface area contributed by atoms with Gasteiger partial charge in [-0.15, -0.1) is 10.2 Å². The zero-order valence-corrected chi connectivity index (χ0v) is 13.0. The van der Waals surface area contributed by atoms with Gasteiger partial charge in [-0.1, -0.05) is 0 Å². The Morgan fingerprint density at radius 1 is 1.24 bits per heavy atom. The number of nitrogens with zero attached hydrogens (tertiary/aromatic N) is 6. The van der Waals surface area contributed by atoms with Gasteiger partial charge in [-0.05, 0) is 13.0 Å². The third-order valence-electron chi connectivity index (χ3n) is 3.53. The van der Waals surface area contributed by atoms with Crippen molar-refractivity contribution in [3.05, 3.63) is 44.1 Å². The standard InChI is InChI=1S/C13H11N7O5/c1-6-11(20(24)25)12(18(2)17-6)16-15-10-8-5-7(19(22)23)3-4-9(8)14-13(10)21/h3-5,14,21H,1-2H3. The summed E-state index contributed by atoms with van der Waals surface area (Å²) in [5.41, 5.74) is 0.0155.